The molecular weight excluding hydrogens is 701 g/mol. The van der Waals surface area contributed by atoms with E-state index in [1.54, 1.807) is 61.5 Å². The lowest BCUT2D eigenvalue weighted by Crippen LogP contribution is -2.30. The van der Waals surface area contributed by atoms with Crippen molar-refractivity contribution in [2.24, 2.45) is 0 Å². The number of thiophene rings is 1. The number of aryl methyl sites for hydroxylation is 1. The van der Waals surface area contributed by atoms with Crippen LogP contribution in [0.2, 0.25) is 0 Å². The van der Waals surface area contributed by atoms with Gasteiger partial charge in [0.2, 0.25) is 5.91 Å². The molecule has 1 unspecified atom stereocenters. The number of thioether (sulfide) groups is 1. The molecule has 3 N–H and O–H groups in total. The monoisotopic (exact) mass is 740 g/mol. The summed E-state index contributed by atoms with van der Waals surface area (Å²) < 4.78 is 5.40. The summed E-state index contributed by atoms with van der Waals surface area (Å²) in [5, 5.41) is 20.1. The number of anilines is 2. The number of fused-ring (bicyclic) bond motifs is 1. The Labute approximate surface area is 310 Å². The zero-order valence-electron chi connectivity index (χ0n) is 28.9. The Morgan fingerprint density at radius 3 is 2.38 bits per heavy atom. The van der Waals surface area contributed by atoms with Gasteiger partial charge in [0.25, 0.3) is 17.5 Å². The molecule has 5 rings (SSSR count). The maximum absolute atomic E-state index is 13.7. The van der Waals surface area contributed by atoms with Gasteiger partial charge in [-0.3, -0.25) is 24.5 Å². The lowest BCUT2D eigenvalue weighted by Gasteiger charge is -2.16. The highest BCUT2D eigenvalue weighted by Gasteiger charge is 2.28. The van der Waals surface area contributed by atoms with Gasteiger partial charge >= 0.3 is 5.97 Å². The Hall–Kier alpha value is -5.27. The number of nitrogens with one attached hydrogen (secondary N) is 3. The van der Waals surface area contributed by atoms with Crippen molar-refractivity contribution in [2.45, 2.75) is 68.9 Å². The van der Waals surface area contributed by atoms with E-state index >= 15 is 0 Å². The normalized spacial score (nSPS) is 13.5. The fourth-order valence-electron chi connectivity index (χ4n) is 5.82. The number of nitrogens with zero attached hydrogens (tertiary/aromatic N) is 1. The minimum Gasteiger partial charge on any atom is -0.462 e. The molecule has 0 aliphatic heterocycles. The van der Waals surface area contributed by atoms with Crippen LogP contribution in [-0.4, -0.2) is 40.5 Å². The molecule has 3 aromatic carbocycles. The third-order valence-electron chi connectivity index (χ3n) is 8.38. The highest BCUT2D eigenvalue weighted by Crippen LogP contribution is 2.38. The number of carbonyl (C=O) groups is 4. The molecule has 1 aromatic heterocycles. The minimum absolute atomic E-state index is 0.135. The number of amides is 3. The number of rotatable bonds is 13. The van der Waals surface area contributed by atoms with Crippen molar-refractivity contribution in [1.29, 1.82) is 0 Å². The van der Waals surface area contributed by atoms with Crippen LogP contribution in [0.1, 0.15) is 82.7 Å². The van der Waals surface area contributed by atoms with Crippen molar-refractivity contribution in [3.8, 4) is 0 Å². The fraction of sp³-hybridized carbons (Fsp3) is 0.282. The van der Waals surface area contributed by atoms with Crippen LogP contribution >= 0.6 is 23.1 Å². The van der Waals surface area contributed by atoms with Crippen LogP contribution in [0.15, 0.2) is 89.5 Å². The summed E-state index contributed by atoms with van der Waals surface area (Å²) in [5.74, 6) is -1.94. The summed E-state index contributed by atoms with van der Waals surface area (Å²) in [6, 6.07) is 21.1. The minimum atomic E-state index is -0.700. The maximum Gasteiger partial charge on any atom is 0.341 e. The lowest BCUT2D eigenvalue weighted by atomic mass is 9.96. The van der Waals surface area contributed by atoms with Crippen LogP contribution in [0.25, 0.3) is 6.08 Å². The van der Waals surface area contributed by atoms with Gasteiger partial charge in [0, 0.05) is 27.1 Å². The number of hydrogen-bond donors (Lipinski definition) is 3. The Bertz CT molecular complexity index is 1980. The molecule has 4 aromatic rings. The third kappa shape index (κ3) is 9.74. The van der Waals surface area contributed by atoms with Crippen molar-refractivity contribution in [3.63, 3.8) is 0 Å². The zero-order chi connectivity index (χ0) is 37.0. The number of nitro groups is 1. The fourth-order valence-corrected chi connectivity index (χ4v) is 8.12. The van der Waals surface area contributed by atoms with Crippen molar-refractivity contribution >= 4 is 69.2 Å². The van der Waals surface area contributed by atoms with Crippen molar-refractivity contribution in [2.75, 3.05) is 17.2 Å². The number of nitro benzene ring substituents is 1. The molecule has 1 heterocycles. The number of esters is 1. The van der Waals surface area contributed by atoms with Gasteiger partial charge in [0.05, 0.1) is 27.9 Å². The number of benzene rings is 3. The second-order valence-corrected chi connectivity index (χ2v) is 14.4. The summed E-state index contributed by atoms with van der Waals surface area (Å²) in [4.78, 5) is 66.5. The van der Waals surface area contributed by atoms with Gasteiger partial charge in [-0.2, -0.15) is 0 Å². The molecule has 270 valence electrons. The molecule has 13 heteroatoms. The van der Waals surface area contributed by atoms with Gasteiger partial charge < -0.3 is 20.7 Å². The highest BCUT2D eigenvalue weighted by molar-refractivity contribution is 8.00. The van der Waals surface area contributed by atoms with Crippen LogP contribution in [0, 0.1) is 10.1 Å². The van der Waals surface area contributed by atoms with Crippen molar-refractivity contribution < 1.29 is 28.8 Å². The standard InChI is InChI=1S/C39H40N4O7S2/c1-3-32(37(46)42-38-34(39(47)50-4-2)29-20-10-5-6-11-22-33(29)52-38)51-28-19-14-18-27(24-28)40-36(45)30(41-35(44)25-15-8-7-9-16-25)23-26-17-12-13-21-31(26)43(48)49/h7-9,12-19,21,23-24,32H,3-6,10-11,20,22H2,1-2H3,(H,40,45)(H,41,44)(H,42,46)/b30-23+. The number of para-hydroxylation sites is 1. The van der Waals surface area contributed by atoms with Gasteiger partial charge in [0.1, 0.15) is 10.7 Å². The van der Waals surface area contributed by atoms with E-state index in [4.69, 9.17) is 4.74 Å². The quantitative estimate of drug-likeness (QED) is 0.0406. The Morgan fingerprint density at radius 2 is 1.65 bits per heavy atom. The number of carbonyl (C=O) groups excluding carboxylic acids is 4. The molecule has 1 atom stereocenters. The van der Waals surface area contributed by atoms with E-state index in [1.165, 1.54) is 47.4 Å². The first-order chi connectivity index (χ1) is 25.2. The molecule has 1 aliphatic carbocycles. The Morgan fingerprint density at radius 1 is 0.923 bits per heavy atom. The summed E-state index contributed by atoms with van der Waals surface area (Å²) >= 11 is 2.77. The largest absolute Gasteiger partial charge is 0.462 e. The van der Waals surface area contributed by atoms with Gasteiger partial charge in [-0.15, -0.1) is 23.1 Å². The molecule has 0 bridgehead atoms. The van der Waals surface area contributed by atoms with E-state index < -0.39 is 28.0 Å². The molecule has 0 fully saturated rings. The summed E-state index contributed by atoms with van der Waals surface area (Å²) in [6.45, 7) is 3.90. The predicted molar refractivity (Wildman–Crippen MR) is 205 cm³/mol. The second-order valence-electron chi connectivity index (χ2n) is 12.0. The van der Waals surface area contributed by atoms with Crippen LogP contribution in [0.5, 0.6) is 0 Å². The average molecular weight is 741 g/mol. The van der Waals surface area contributed by atoms with E-state index in [-0.39, 0.29) is 29.5 Å². The zero-order valence-corrected chi connectivity index (χ0v) is 30.6. The average Bonchev–Trinajstić information content (AvgIpc) is 3.46. The lowest BCUT2D eigenvalue weighted by molar-refractivity contribution is -0.385. The summed E-state index contributed by atoms with van der Waals surface area (Å²) in [5.41, 5.74) is 1.84. The molecule has 11 nitrogen and oxygen atoms in total. The molecule has 0 spiro atoms. The Balaban J connectivity index is 1.35. The molecule has 0 radical (unpaired) electrons. The van der Waals surface area contributed by atoms with E-state index in [9.17, 15) is 29.3 Å². The number of hydrogen-bond acceptors (Lipinski definition) is 9. The van der Waals surface area contributed by atoms with Crippen LogP contribution < -0.4 is 16.0 Å². The van der Waals surface area contributed by atoms with Gasteiger partial charge in [-0.25, -0.2) is 4.79 Å². The SMILES string of the molecule is CCOC(=O)c1c(NC(=O)C(CC)Sc2cccc(NC(=O)/C(=C\c3ccccc3[N+](=O)[O-])NC(=O)c3ccccc3)c2)sc2c1CCCCCC2. The first kappa shape index (κ1) is 38.0. The van der Waals surface area contributed by atoms with E-state index in [0.717, 1.165) is 49.0 Å². The predicted octanol–water partition coefficient (Wildman–Crippen LogP) is 8.41. The van der Waals surface area contributed by atoms with Gasteiger partial charge in [0.15, 0.2) is 0 Å². The Kier molecular flexibility index (Phi) is 13.4. The van der Waals surface area contributed by atoms with Crippen LogP contribution in [-0.2, 0) is 27.2 Å². The molecule has 3 amide bonds. The molecule has 1 aliphatic rings. The number of ether oxygens (including phenoxy) is 1. The van der Waals surface area contributed by atoms with E-state index in [0.29, 0.717) is 33.1 Å². The van der Waals surface area contributed by atoms with Gasteiger partial charge in [-0.1, -0.05) is 56.2 Å². The first-order valence-corrected chi connectivity index (χ1v) is 18.9. The van der Waals surface area contributed by atoms with E-state index in [1.807, 2.05) is 13.0 Å². The molecule has 0 saturated heterocycles. The first-order valence-electron chi connectivity index (χ1n) is 17.2. The van der Waals surface area contributed by atoms with Gasteiger partial charge in [-0.05, 0) is 87.1 Å². The third-order valence-corrected chi connectivity index (χ3v) is 10.9. The van der Waals surface area contributed by atoms with Crippen molar-refractivity contribution in [1.82, 2.24) is 5.32 Å². The highest BCUT2D eigenvalue weighted by atomic mass is 32.2. The van der Waals surface area contributed by atoms with E-state index in [2.05, 4.69) is 16.0 Å². The van der Waals surface area contributed by atoms with Crippen molar-refractivity contribution in [3.05, 3.63) is 122 Å². The van der Waals surface area contributed by atoms with Crippen LogP contribution in [0.3, 0.4) is 0 Å². The smallest absolute Gasteiger partial charge is 0.341 e. The summed E-state index contributed by atoms with van der Waals surface area (Å²) in [7, 11) is 0. The maximum atomic E-state index is 13.7. The molecular formula is C39H40N4O7S2. The van der Waals surface area contributed by atoms with Crippen LogP contribution in [0.4, 0.5) is 16.4 Å². The molecule has 0 saturated carbocycles. The second kappa shape index (κ2) is 18.3. The summed E-state index contributed by atoms with van der Waals surface area (Å²) in [6.07, 6.45) is 7.64. The topological polar surface area (TPSA) is 157 Å². The molecule has 52 heavy (non-hydrogen) atoms.